The zero-order chi connectivity index (χ0) is 33.3. The molecule has 1 amide bonds. The van der Waals surface area contributed by atoms with Crippen LogP contribution in [0.1, 0.15) is 110 Å². The molecule has 1 unspecified atom stereocenters. The van der Waals surface area contributed by atoms with Crippen LogP contribution in [0.2, 0.25) is 0 Å². The van der Waals surface area contributed by atoms with Crippen LogP contribution < -0.4 is 14.8 Å². The molecule has 9 heteroatoms. The minimum absolute atomic E-state index is 0.0217. The van der Waals surface area contributed by atoms with Crippen molar-refractivity contribution in [3.05, 3.63) is 23.3 Å². The summed E-state index contributed by atoms with van der Waals surface area (Å²) in [6.45, 7) is 12.6. The van der Waals surface area contributed by atoms with E-state index in [1.165, 1.54) is 30.5 Å². The lowest BCUT2D eigenvalue weighted by atomic mass is 9.32. The highest BCUT2D eigenvalue weighted by Gasteiger charge is 2.79. The number of carbonyl (C=O) groups is 3. The summed E-state index contributed by atoms with van der Waals surface area (Å²) in [4.78, 5) is 41.4. The molecule has 4 saturated carbocycles. The number of ether oxygens (including phenoxy) is 3. The lowest BCUT2D eigenvalue weighted by Gasteiger charge is -2.74. The van der Waals surface area contributed by atoms with Gasteiger partial charge in [0.1, 0.15) is 12.1 Å². The van der Waals surface area contributed by atoms with Crippen molar-refractivity contribution in [2.24, 2.45) is 28.6 Å². The van der Waals surface area contributed by atoms with Crippen LogP contribution in [0.5, 0.6) is 11.5 Å². The standard InChI is InChI=1S/C38H54N2O7/c1-6-7-18-45-34(44)32(22(2)3)39-29(42)12-13-30(43)46-27-11-10-25-19-28-37-15-14-36(5,26(20-37)23(4)41)35-38(37,31(25)33(27)47-35)16-17-40(28)21-24-8-9-24/h10-11,22-24,26,28,32,35,41H,6-9,12-21H2,1-5H3,(H,39,42)/t23?,26-,28-,32+,35+,36-,37-,38+/m1/s1. The number of rotatable bonds is 13. The molecule has 8 rings (SSSR count). The van der Waals surface area contributed by atoms with Gasteiger partial charge >= 0.3 is 11.9 Å². The molecule has 0 radical (unpaired) electrons. The van der Waals surface area contributed by atoms with Gasteiger partial charge in [0.05, 0.1) is 19.1 Å². The van der Waals surface area contributed by atoms with E-state index in [-0.39, 0.29) is 52.9 Å². The monoisotopic (exact) mass is 650 g/mol. The molecule has 2 aliphatic heterocycles. The topological polar surface area (TPSA) is 114 Å². The summed E-state index contributed by atoms with van der Waals surface area (Å²) in [7, 11) is 0. The van der Waals surface area contributed by atoms with Crippen molar-refractivity contribution in [1.82, 2.24) is 10.2 Å². The molecular formula is C38H54N2O7. The second-order valence-electron chi connectivity index (χ2n) is 16.3. The van der Waals surface area contributed by atoms with Gasteiger partial charge in [-0.2, -0.15) is 0 Å². The average molecular weight is 651 g/mol. The number of unbranched alkanes of at least 4 members (excludes halogenated alkanes) is 1. The maximum Gasteiger partial charge on any atom is 0.328 e. The van der Waals surface area contributed by atoms with Crippen LogP contribution in [0, 0.1) is 28.6 Å². The van der Waals surface area contributed by atoms with Gasteiger partial charge in [0, 0.05) is 40.8 Å². The Morgan fingerprint density at radius 1 is 1.13 bits per heavy atom. The summed E-state index contributed by atoms with van der Waals surface area (Å²) in [6, 6.07) is 3.70. The molecule has 5 fully saturated rings. The van der Waals surface area contributed by atoms with Crippen molar-refractivity contribution in [3.63, 3.8) is 0 Å². The van der Waals surface area contributed by atoms with Gasteiger partial charge in [0.15, 0.2) is 11.5 Å². The van der Waals surface area contributed by atoms with Crippen LogP contribution in [-0.2, 0) is 31.0 Å². The molecule has 2 N–H and O–H groups in total. The van der Waals surface area contributed by atoms with Gasteiger partial charge in [-0.25, -0.2) is 4.79 Å². The number of nitrogens with zero attached hydrogens (tertiary/aromatic N) is 1. The van der Waals surface area contributed by atoms with Gasteiger partial charge < -0.3 is 24.6 Å². The van der Waals surface area contributed by atoms with Crippen LogP contribution in [0.15, 0.2) is 12.1 Å². The Hall–Kier alpha value is -2.65. The maximum atomic E-state index is 13.2. The van der Waals surface area contributed by atoms with E-state index in [0.29, 0.717) is 24.1 Å². The fraction of sp³-hybridized carbons (Fsp3) is 0.763. The van der Waals surface area contributed by atoms with E-state index in [2.05, 4.69) is 23.2 Å². The first-order chi connectivity index (χ1) is 22.4. The smallest absolute Gasteiger partial charge is 0.328 e. The predicted molar refractivity (Wildman–Crippen MR) is 176 cm³/mol. The number of fused-ring (bicyclic) bond motifs is 2. The first-order valence-corrected chi connectivity index (χ1v) is 18.4. The number of aliphatic hydroxyl groups is 1. The third kappa shape index (κ3) is 5.12. The van der Waals surface area contributed by atoms with E-state index in [1.54, 1.807) is 0 Å². The number of likely N-dealkylation sites (tertiary alicyclic amines) is 1. The van der Waals surface area contributed by atoms with E-state index < -0.39 is 24.1 Å². The number of piperidine rings is 1. The van der Waals surface area contributed by atoms with Crippen molar-refractivity contribution in [2.75, 3.05) is 19.7 Å². The van der Waals surface area contributed by atoms with Crippen molar-refractivity contribution in [2.45, 2.75) is 135 Å². The molecule has 5 aliphatic carbocycles. The summed E-state index contributed by atoms with van der Waals surface area (Å²) in [5.41, 5.74) is 2.25. The minimum atomic E-state index is -0.762. The highest BCUT2D eigenvalue weighted by molar-refractivity contribution is 5.87. The molecule has 0 aromatic heterocycles. The summed E-state index contributed by atoms with van der Waals surface area (Å²) < 4.78 is 18.4. The molecular weight excluding hydrogens is 596 g/mol. The molecule has 47 heavy (non-hydrogen) atoms. The Morgan fingerprint density at radius 3 is 2.62 bits per heavy atom. The molecule has 8 atom stereocenters. The van der Waals surface area contributed by atoms with Gasteiger partial charge in [0.25, 0.3) is 0 Å². The second-order valence-corrected chi connectivity index (χ2v) is 16.3. The highest BCUT2D eigenvalue weighted by Crippen LogP contribution is 2.78. The third-order valence-electron chi connectivity index (χ3n) is 13.2. The summed E-state index contributed by atoms with van der Waals surface area (Å²) in [5.74, 6) is 0.629. The van der Waals surface area contributed by atoms with Gasteiger partial charge in [-0.15, -0.1) is 0 Å². The minimum Gasteiger partial charge on any atom is -0.485 e. The van der Waals surface area contributed by atoms with Gasteiger partial charge in [-0.1, -0.05) is 40.2 Å². The number of amides is 1. The molecule has 4 bridgehead atoms. The second kappa shape index (κ2) is 12.0. The molecule has 2 heterocycles. The fourth-order valence-electron chi connectivity index (χ4n) is 10.7. The number of aliphatic hydroxyl groups excluding tert-OH is 1. The van der Waals surface area contributed by atoms with Crippen molar-refractivity contribution >= 4 is 17.8 Å². The van der Waals surface area contributed by atoms with E-state index in [1.807, 2.05) is 33.8 Å². The Kier molecular flexibility index (Phi) is 8.42. The average Bonchev–Trinajstić information content (AvgIpc) is 3.77. The number of carbonyl (C=O) groups excluding carboxylic acids is 3. The molecule has 1 aromatic rings. The molecule has 1 saturated heterocycles. The van der Waals surface area contributed by atoms with Crippen LogP contribution >= 0.6 is 0 Å². The zero-order valence-electron chi connectivity index (χ0n) is 28.9. The van der Waals surface area contributed by atoms with E-state index in [4.69, 9.17) is 14.2 Å². The van der Waals surface area contributed by atoms with Crippen LogP contribution in [0.3, 0.4) is 0 Å². The number of nitrogens with one attached hydrogen (secondary N) is 1. The predicted octanol–water partition coefficient (Wildman–Crippen LogP) is 5.08. The zero-order valence-corrected chi connectivity index (χ0v) is 28.9. The fourth-order valence-corrected chi connectivity index (χ4v) is 10.7. The number of hydrogen-bond donors (Lipinski definition) is 2. The molecule has 9 nitrogen and oxygen atoms in total. The first-order valence-electron chi connectivity index (χ1n) is 18.4. The Morgan fingerprint density at radius 2 is 1.91 bits per heavy atom. The first kappa shape index (κ1) is 32.9. The van der Waals surface area contributed by atoms with Crippen LogP contribution in [-0.4, -0.2) is 71.8 Å². The normalized spacial score (nSPS) is 34.3. The molecule has 7 aliphatic rings. The quantitative estimate of drug-likeness (QED) is 0.173. The van der Waals surface area contributed by atoms with Crippen molar-refractivity contribution in [1.29, 1.82) is 0 Å². The SMILES string of the molecule is CCCCOC(=O)[C@@H](NC(=O)CCC(=O)Oc1ccc2c3c1O[C@H]1[C@]4(C)CC[C@@]5(C[C@@H]4C(C)O)[C@@H](C2)N(CC2CC2)CC[C@]315)C(C)C. The van der Waals surface area contributed by atoms with Gasteiger partial charge in [-0.05, 0) is 94.2 Å². The Bertz CT molecular complexity index is 1420. The van der Waals surface area contributed by atoms with E-state index in [9.17, 15) is 19.5 Å². The number of benzene rings is 1. The van der Waals surface area contributed by atoms with Crippen LogP contribution in [0.4, 0.5) is 0 Å². The van der Waals surface area contributed by atoms with Gasteiger partial charge in [0.2, 0.25) is 5.91 Å². The third-order valence-corrected chi connectivity index (χ3v) is 13.2. The van der Waals surface area contributed by atoms with Crippen LogP contribution in [0.25, 0.3) is 0 Å². The summed E-state index contributed by atoms with van der Waals surface area (Å²) >= 11 is 0. The Labute approximate surface area is 279 Å². The lowest BCUT2D eigenvalue weighted by molar-refractivity contribution is -0.247. The summed E-state index contributed by atoms with van der Waals surface area (Å²) in [6.07, 6.45) is 8.82. The van der Waals surface area contributed by atoms with E-state index in [0.717, 1.165) is 57.4 Å². The van der Waals surface area contributed by atoms with Gasteiger partial charge in [-0.3, -0.25) is 14.5 Å². The number of esters is 2. The van der Waals surface area contributed by atoms with Crippen molar-refractivity contribution in [3.8, 4) is 11.5 Å². The highest BCUT2D eigenvalue weighted by atomic mass is 16.6. The molecule has 1 aromatic carbocycles. The number of hydrogen-bond acceptors (Lipinski definition) is 8. The maximum absolute atomic E-state index is 13.2. The lowest BCUT2D eigenvalue weighted by Crippen LogP contribution is -2.78. The largest absolute Gasteiger partial charge is 0.485 e. The molecule has 258 valence electrons. The van der Waals surface area contributed by atoms with Crippen molar-refractivity contribution < 1.29 is 33.7 Å². The molecule has 2 spiro atoms. The summed E-state index contributed by atoms with van der Waals surface area (Å²) in [5, 5.41) is 13.9. The van der Waals surface area contributed by atoms with E-state index >= 15 is 0 Å². The Balaban J connectivity index is 1.11.